The van der Waals surface area contributed by atoms with Crippen LogP contribution in [0.25, 0.3) is 0 Å². The van der Waals surface area contributed by atoms with Crippen LogP contribution in [0.15, 0.2) is 6.20 Å². The van der Waals surface area contributed by atoms with Crippen LogP contribution >= 0.6 is 11.6 Å². The van der Waals surface area contributed by atoms with Crippen molar-refractivity contribution in [1.29, 1.82) is 0 Å². The molecule has 1 aromatic heterocycles. The molecule has 106 valence electrons. The number of nitrogens with zero attached hydrogens (tertiary/aromatic N) is 3. The molecule has 0 aliphatic heterocycles. The van der Waals surface area contributed by atoms with Gasteiger partial charge in [-0.3, -0.25) is 0 Å². The molecule has 0 radical (unpaired) electrons. The van der Waals surface area contributed by atoms with Gasteiger partial charge in [-0.25, -0.2) is 9.97 Å². The summed E-state index contributed by atoms with van der Waals surface area (Å²) in [6, 6.07) is 0.760. The predicted molar refractivity (Wildman–Crippen MR) is 76.8 cm³/mol. The normalized spacial score (nSPS) is 15.3. The summed E-state index contributed by atoms with van der Waals surface area (Å²) in [6.07, 6.45) is 4.38. The fourth-order valence-corrected chi connectivity index (χ4v) is 2.10. The molecule has 0 N–H and O–H groups in total. The number of rotatable bonds is 7. The first-order chi connectivity index (χ1) is 9.11. The van der Waals surface area contributed by atoms with Crippen LogP contribution in [0.5, 0.6) is 5.75 Å². The van der Waals surface area contributed by atoms with Crippen molar-refractivity contribution in [3.05, 3.63) is 17.7 Å². The van der Waals surface area contributed by atoms with Crippen molar-refractivity contribution in [2.75, 3.05) is 20.2 Å². The minimum Gasteiger partial charge on any atom is -0.489 e. The first-order valence-corrected chi connectivity index (χ1v) is 7.40. The Morgan fingerprint density at radius 1 is 1.47 bits per heavy atom. The highest BCUT2D eigenvalue weighted by Gasteiger charge is 2.25. The summed E-state index contributed by atoms with van der Waals surface area (Å²) in [4.78, 5) is 11.1. The average molecular weight is 284 g/mol. The first kappa shape index (κ1) is 14.5. The lowest BCUT2D eigenvalue weighted by Gasteiger charge is -2.17. The van der Waals surface area contributed by atoms with Crippen LogP contribution in [-0.4, -0.2) is 41.1 Å². The zero-order valence-electron chi connectivity index (χ0n) is 11.9. The Hall–Kier alpha value is -0.870. The molecular formula is C14H22ClN3O. The third kappa shape index (κ3) is 4.05. The molecule has 0 unspecified atom stereocenters. The smallest absolute Gasteiger partial charge is 0.160 e. The molecule has 1 fully saturated rings. The van der Waals surface area contributed by atoms with Crippen molar-refractivity contribution in [2.24, 2.45) is 0 Å². The van der Waals surface area contributed by atoms with Crippen LogP contribution in [0.1, 0.15) is 44.1 Å². The fourth-order valence-electron chi connectivity index (χ4n) is 1.91. The van der Waals surface area contributed by atoms with Crippen LogP contribution in [0, 0.1) is 0 Å². The largest absolute Gasteiger partial charge is 0.489 e. The van der Waals surface area contributed by atoms with Gasteiger partial charge in [-0.05, 0) is 19.9 Å². The van der Waals surface area contributed by atoms with E-state index in [0.717, 1.165) is 24.1 Å². The fraction of sp³-hybridized carbons (Fsp3) is 0.714. The second-order valence-corrected chi connectivity index (χ2v) is 5.65. The molecule has 4 nitrogen and oxygen atoms in total. The van der Waals surface area contributed by atoms with Crippen LogP contribution in [-0.2, 0) is 5.88 Å². The van der Waals surface area contributed by atoms with Gasteiger partial charge in [-0.2, -0.15) is 0 Å². The van der Waals surface area contributed by atoms with Crippen molar-refractivity contribution >= 4 is 11.6 Å². The Balaban J connectivity index is 1.91. The van der Waals surface area contributed by atoms with Gasteiger partial charge in [0.2, 0.25) is 0 Å². The maximum atomic E-state index is 5.93. The SMILES string of the molecule is CC(C)c1ncc(OCCN(C)C2CC2)c(CCl)n1. The van der Waals surface area contributed by atoms with E-state index in [0.29, 0.717) is 24.2 Å². The minimum atomic E-state index is 0.303. The Labute approximate surface area is 120 Å². The van der Waals surface area contributed by atoms with Gasteiger partial charge < -0.3 is 9.64 Å². The first-order valence-electron chi connectivity index (χ1n) is 6.86. The maximum absolute atomic E-state index is 5.93. The van der Waals surface area contributed by atoms with Crippen LogP contribution in [0.4, 0.5) is 0 Å². The van der Waals surface area contributed by atoms with E-state index in [4.69, 9.17) is 16.3 Å². The molecule has 0 bridgehead atoms. The predicted octanol–water partition coefficient (Wildman–Crippen LogP) is 2.81. The topological polar surface area (TPSA) is 38.2 Å². The number of ether oxygens (including phenoxy) is 1. The average Bonchev–Trinajstić information content (AvgIpc) is 3.22. The molecule has 1 saturated carbocycles. The van der Waals surface area contributed by atoms with Crippen molar-refractivity contribution in [1.82, 2.24) is 14.9 Å². The Morgan fingerprint density at radius 3 is 2.79 bits per heavy atom. The Morgan fingerprint density at radius 2 is 2.21 bits per heavy atom. The van der Waals surface area contributed by atoms with Gasteiger partial charge in [-0.1, -0.05) is 13.8 Å². The number of alkyl halides is 1. The molecule has 0 aromatic carbocycles. The van der Waals surface area contributed by atoms with Crippen LogP contribution in [0.2, 0.25) is 0 Å². The molecule has 19 heavy (non-hydrogen) atoms. The van der Waals surface area contributed by atoms with Crippen molar-refractivity contribution < 1.29 is 4.74 Å². The molecular weight excluding hydrogens is 262 g/mol. The summed E-state index contributed by atoms with van der Waals surface area (Å²) in [7, 11) is 2.14. The lowest BCUT2D eigenvalue weighted by molar-refractivity contribution is 0.229. The molecule has 2 rings (SSSR count). The molecule has 5 heteroatoms. The van der Waals surface area contributed by atoms with E-state index in [1.807, 2.05) is 0 Å². The number of hydrogen-bond acceptors (Lipinski definition) is 4. The van der Waals surface area contributed by atoms with E-state index in [1.165, 1.54) is 12.8 Å². The van der Waals surface area contributed by atoms with E-state index >= 15 is 0 Å². The second kappa shape index (κ2) is 6.53. The minimum absolute atomic E-state index is 0.303. The maximum Gasteiger partial charge on any atom is 0.160 e. The Bertz CT molecular complexity index is 421. The van der Waals surface area contributed by atoms with Gasteiger partial charge in [0.1, 0.15) is 18.1 Å². The van der Waals surface area contributed by atoms with E-state index < -0.39 is 0 Å². The molecule has 1 aromatic rings. The van der Waals surface area contributed by atoms with Gasteiger partial charge in [0.25, 0.3) is 0 Å². The number of likely N-dealkylation sites (N-methyl/N-ethyl adjacent to an activating group) is 1. The van der Waals surface area contributed by atoms with Gasteiger partial charge in [0, 0.05) is 18.5 Å². The summed E-state index contributed by atoms with van der Waals surface area (Å²) in [5, 5.41) is 0. The van der Waals surface area contributed by atoms with Gasteiger partial charge >= 0.3 is 0 Å². The van der Waals surface area contributed by atoms with E-state index in [-0.39, 0.29) is 0 Å². The quantitative estimate of drug-likeness (QED) is 0.721. The number of aromatic nitrogens is 2. The summed E-state index contributed by atoms with van der Waals surface area (Å²) < 4.78 is 5.76. The highest BCUT2D eigenvalue weighted by Crippen LogP contribution is 2.25. The van der Waals surface area contributed by atoms with Crippen LogP contribution < -0.4 is 4.74 Å². The number of hydrogen-bond donors (Lipinski definition) is 0. The third-order valence-electron chi connectivity index (χ3n) is 3.36. The van der Waals surface area contributed by atoms with Gasteiger partial charge in [-0.15, -0.1) is 11.6 Å². The van der Waals surface area contributed by atoms with Crippen molar-refractivity contribution in [3.8, 4) is 5.75 Å². The molecule has 0 saturated heterocycles. The molecule has 0 atom stereocenters. The zero-order valence-corrected chi connectivity index (χ0v) is 12.7. The number of halogens is 1. The van der Waals surface area contributed by atoms with E-state index in [2.05, 4.69) is 35.8 Å². The Kier molecular flexibility index (Phi) is 4.99. The third-order valence-corrected chi connectivity index (χ3v) is 3.62. The molecule has 0 spiro atoms. The lowest BCUT2D eigenvalue weighted by Crippen LogP contribution is -2.26. The second-order valence-electron chi connectivity index (χ2n) is 5.39. The molecule has 1 heterocycles. The zero-order chi connectivity index (χ0) is 13.8. The van der Waals surface area contributed by atoms with Crippen LogP contribution in [0.3, 0.4) is 0 Å². The summed E-state index contributed by atoms with van der Waals surface area (Å²) in [5.41, 5.74) is 0.787. The summed E-state index contributed by atoms with van der Waals surface area (Å²) >= 11 is 5.93. The van der Waals surface area contributed by atoms with Crippen molar-refractivity contribution in [2.45, 2.75) is 44.5 Å². The van der Waals surface area contributed by atoms with E-state index in [9.17, 15) is 0 Å². The standard InChI is InChI=1S/C14H22ClN3O/c1-10(2)14-16-9-13(12(8-15)17-14)19-7-6-18(3)11-4-5-11/h9-11H,4-8H2,1-3H3. The molecule has 1 aliphatic rings. The highest BCUT2D eigenvalue weighted by atomic mass is 35.5. The lowest BCUT2D eigenvalue weighted by atomic mass is 10.2. The van der Waals surface area contributed by atoms with E-state index in [1.54, 1.807) is 6.20 Å². The summed E-state index contributed by atoms with van der Waals surface area (Å²) in [5.74, 6) is 2.19. The molecule has 0 amide bonds. The van der Waals surface area contributed by atoms with Crippen molar-refractivity contribution in [3.63, 3.8) is 0 Å². The van der Waals surface area contributed by atoms with Gasteiger partial charge in [0.15, 0.2) is 5.75 Å². The van der Waals surface area contributed by atoms with Gasteiger partial charge in [0.05, 0.1) is 12.1 Å². The monoisotopic (exact) mass is 283 g/mol. The summed E-state index contributed by atoms with van der Waals surface area (Å²) in [6.45, 7) is 5.72. The molecule has 1 aliphatic carbocycles. The highest BCUT2D eigenvalue weighted by molar-refractivity contribution is 6.17.